The quantitative estimate of drug-likeness (QED) is 0.623. The number of amides is 2. The Morgan fingerprint density at radius 3 is 2.58 bits per heavy atom. The van der Waals surface area contributed by atoms with Gasteiger partial charge in [0.15, 0.2) is 0 Å². The number of imide groups is 1. The highest BCUT2D eigenvalue weighted by molar-refractivity contribution is 5.93. The van der Waals surface area contributed by atoms with Crippen LogP contribution in [0.1, 0.15) is 71.0 Å². The molecule has 0 N–H and O–H groups in total. The Hall–Kier alpha value is -1.84. The Bertz CT molecular complexity index is 543. The van der Waals surface area contributed by atoms with E-state index < -0.39 is 6.09 Å². The zero-order valence-corrected chi connectivity index (χ0v) is 15.0. The average Bonchev–Trinajstić information content (AvgIpc) is 2.88. The molecule has 3 atom stereocenters. The first kappa shape index (κ1) is 18.5. The van der Waals surface area contributed by atoms with E-state index in [1.165, 1.54) is 24.2 Å². The van der Waals surface area contributed by atoms with E-state index in [4.69, 9.17) is 4.74 Å². The monoisotopic (exact) mass is 331 g/mol. The molecule has 1 aromatic carbocycles. The molecule has 24 heavy (non-hydrogen) atoms. The van der Waals surface area contributed by atoms with Crippen LogP contribution >= 0.6 is 0 Å². The Kier molecular flexibility index (Phi) is 6.83. The number of cyclic esters (lactones) is 1. The minimum absolute atomic E-state index is 0.117. The first-order chi connectivity index (χ1) is 11.5. The summed E-state index contributed by atoms with van der Waals surface area (Å²) < 4.78 is 5.45. The second kappa shape index (κ2) is 8.86. The first-order valence-electron chi connectivity index (χ1n) is 9.12. The van der Waals surface area contributed by atoms with Crippen LogP contribution in [0.15, 0.2) is 30.3 Å². The van der Waals surface area contributed by atoms with Gasteiger partial charge in [0.1, 0.15) is 6.10 Å². The van der Waals surface area contributed by atoms with Gasteiger partial charge in [-0.05, 0) is 24.8 Å². The molecule has 1 aromatic rings. The van der Waals surface area contributed by atoms with Crippen LogP contribution < -0.4 is 0 Å². The third-order valence-electron chi connectivity index (χ3n) is 4.82. The number of rotatable bonds is 8. The van der Waals surface area contributed by atoms with E-state index in [9.17, 15) is 9.59 Å². The topological polar surface area (TPSA) is 46.6 Å². The molecule has 0 saturated carbocycles. The van der Waals surface area contributed by atoms with Crippen molar-refractivity contribution in [3.63, 3.8) is 0 Å². The molecule has 0 radical (unpaired) electrons. The molecule has 1 fully saturated rings. The predicted molar refractivity (Wildman–Crippen MR) is 94.5 cm³/mol. The fourth-order valence-electron chi connectivity index (χ4n) is 3.26. The van der Waals surface area contributed by atoms with Crippen molar-refractivity contribution in [2.75, 3.05) is 0 Å². The second-order valence-electron chi connectivity index (χ2n) is 6.86. The molecule has 132 valence electrons. The molecule has 0 bridgehead atoms. The number of hydrogen-bond acceptors (Lipinski definition) is 3. The molecule has 1 aliphatic heterocycles. The summed E-state index contributed by atoms with van der Waals surface area (Å²) in [6.07, 6.45) is 5.17. The van der Waals surface area contributed by atoms with Crippen molar-refractivity contribution in [1.29, 1.82) is 0 Å². The summed E-state index contributed by atoms with van der Waals surface area (Å²) in [7, 11) is 0. The number of ether oxygens (including phenoxy) is 1. The summed E-state index contributed by atoms with van der Waals surface area (Å²) in [5.41, 5.74) is 0.932. The van der Waals surface area contributed by atoms with Gasteiger partial charge in [-0.15, -0.1) is 0 Å². The Morgan fingerprint density at radius 2 is 1.92 bits per heavy atom. The van der Waals surface area contributed by atoms with Crippen molar-refractivity contribution in [3.05, 3.63) is 35.9 Å². The van der Waals surface area contributed by atoms with Crippen LogP contribution in [0.2, 0.25) is 0 Å². The van der Waals surface area contributed by atoms with E-state index in [2.05, 4.69) is 13.8 Å². The van der Waals surface area contributed by atoms with Gasteiger partial charge in [-0.25, -0.2) is 9.69 Å². The summed E-state index contributed by atoms with van der Waals surface area (Å²) in [6, 6.07) is 9.35. The molecule has 1 aliphatic rings. The minimum atomic E-state index is -0.514. The van der Waals surface area contributed by atoms with Crippen molar-refractivity contribution < 1.29 is 14.3 Å². The van der Waals surface area contributed by atoms with Crippen LogP contribution in [0, 0.1) is 5.92 Å². The normalized spacial score (nSPS) is 21.6. The highest BCUT2D eigenvalue weighted by atomic mass is 16.6. The van der Waals surface area contributed by atoms with Crippen molar-refractivity contribution >= 4 is 12.0 Å². The lowest BCUT2D eigenvalue weighted by Crippen LogP contribution is -2.37. The van der Waals surface area contributed by atoms with E-state index in [0.29, 0.717) is 12.3 Å². The molecule has 2 rings (SSSR count). The number of hydrogen-bond donors (Lipinski definition) is 0. The third-order valence-corrected chi connectivity index (χ3v) is 4.82. The zero-order chi connectivity index (χ0) is 17.5. The lowest BCUT2D eigenvalue weighted by atomic mass is 9.97. The maximum Gasteiger partial charge on any atom is 0.417 e. The molecule has 2 unspecified atom stereocenters. The lowest BCUT2D eigenvalue weighted by molar-refractivity contribution is -0.129. The highest BCUT2D eigenvalue weighted by Crippen LogP contribution is 2.33. The van der Waals surface area contributed by atoms with Crippen molar-refractivity contribution in [2.45, 2.75) is 71.4 Å². The van der Waals surface area contributed by atoms with Crippen molar-refractivity contribution in [2.24, 2.45) is 5.92 Å². The number of unbranched alkanes of at least 4 members (excludes halogenated alkanes) is 2. The molecular weight excluding hydrogens is 302 g/mol. The molecule has 0 aromatic heterocycles. The summed E-state index contributed by atoms with van der Waals surface area (Å²) in [5, 5.41) is 0. The summed E-state index contributed by atoms with van der Waals surface area (Å²) in [6.45, 7) is 6.25. The molecule has 1 saturated heterocycles. The fourth-order valence-corrected chi connectivity index (χ4v) is 3.26. The van der Waals surface area contributed by atoms with Crippen LogP contribution in [-0.4, -0.2) is 22.9 Å². The van der Waals surface area contributed by atoms with E-state index >= 15 is 0 Å². The average molecular weight is 331 g/mol. The van der Waals surface area contributed by atoms with Gasteiger partial charge in [0, 0.05) is 6.42 Å². The molecule has 0 spiro atoms. The van der Waals surface area contributed by atoms with Crippen molar-refractivity contribution in [1.82, 2.24) is 4.90 Å². The standard InChI is InChI=1S/C20H29NO3/c1-4-5-7-10-15(2)13-14-18(22)21-16(3)19(24-20(21)23)17-11-8-6-9-12-17/h6,8-9,11-12,15-16,19H,4-5,7,10,13-14H2,1-3H3/t15-,16?,19?/m1/s1. The SMILES string of the molecule is CCCCC[C@@H](C)CCC(=O)N1C(=O)OC(c2ccccc2)C1C. The van der Waals surface area contributed by atoms with Crippen LogP contribution in [0.3, 0.4) is 0 Å². The van der Waals surface area contributed by atoms with E-state index in [1.54, 1.807) is 0 Å². The van der Waals surface area contributed by atoms with Gasteiger partial charge in [-0.1, -0.05) is 69.9 Å². The largest absolute Gasteiger partial charge is 0.439 e. The summed E-state index contributed by atoms with van der Waals surface area (Å²) in [5.74, 6) is 0.396. The van der Waals surface area contributed by atoms with E-state index in [-0.39, 0.29) is 18.1 Å². The zero-order valence-electron chi connectivity index (χ0n) is 15.0. The molecule has 0 aliphatic carbocycles. The maximum absolute atomic E-state index is 12.5. The number of carbonyl (C=O) groups is 2. The highest BCUT2D eigenvalue weighted by Gasteiger charge is 2.42. The Morgan fingerprint density at radius 1 is 1.21 bits per heavy atom. The van der Waals surface area contributed by atoms with Gasteiger partial charge in [-0.3, -0.25) is 4.79 Å². The first-order valence-corrected chi connectivity index (χ1v) is 9.12. The third kappa shape index (κ3) is 4.59. The fraction of sp³-hybridized carbons (Fsp3) is 0.600. The van der Waals surface area contributed by atoms with Gasteiger partial charge in [0.2, 0.25) is 5.91 Å². The van der Waals surface area contributed by atoms with Crippen LogP contribution in [-0.2, 0) is 9.53 Å². The number of nitrogens with zero attached hydrogens (tertiary/aromatic N) is 1. The van der Waals surface area contributed by atoms with Crippen LogP contribution in [0.5, 0.6) is 0 Å². The second-order valence-corrected chi connectivity index (χ2v) is 6.86. The predicted octanol–water partition coefficient (Wildman–Crippen LogP) is 5.09. The number of benzene rings is 1. The maximum atomic E-state index is 12.5. The van der Waals surface area contributed by atoms with E-state index in [1.807, 2.05) is 37.3 Å². The number of carbonyl (C=O) groups excluding carboxylic acids is 2. The van der Waals surface area contributed by atoms with Gasteiger partial charge in [0.05, 0.1) is 6.04 Å². The van der Waals surface area contributed by atoms with Crippen molar-refractivity contribution in [3.8, 4) is 0 Å². The van der Waals surface area contributed by atoms with Crippen LogP contribution in [0.4, 0.5) is 4.79 Å². The molecule has 2 amide bonds. The molecule has 4 heteroatoms. The smallest absolute Gasteiger partial charge is 0.417 e. The summed E-state index contributed by atoms with van der Waals surface area (Å²) in [4.78, 5) is 26.0. The van der Waals surface area contributed by atoms with Crippen LogP contribution in [0.25, 0.3) is 0 Å². The molecular formula is C20H29NO3. The van der Waals surface area contributed by atoms with Gasteiger partial charge >= 0.3 is 6.09 Å². The molecule has 1 heterocycles. The van der Waals surface area contributed by atoms with Gasteiger partial charge in [0.25, 0.3) is 0 Å². The Labute approximate surface area is 145 Å². The van der Waals surface area contributed by atoms with E-state index in [0.717, 1.165) is 18.4 Å². The summed E-state index contributed by atoms with van der Waals surface area (Å²) >= 11 is 0. The van der Waals surface area contributed by atoms with Gasteiger partial charge < -0.3 is 4.74 Å². The molecule has 4 nitrogen and oxygen atoms in total. The minimum Gasteiger partial charge on any atom is -0.439 e. The van der Waals surface area contributed by atoms with Gasteiger partial charge in [-0.2, -0.15) is 0 Å². The lowest BCUT2D eigenvalue weighted by Gasteiger charge is -2.20. The Balaban J connectivity index is 1.89.